The molecule has 1 aromatic rings. The zero-order chi connectivity index (χ0) is 11.6. The smallest absolute Gasteiger partial charge is 0.366 e. The third-order valence-corrected chi connectivity index (χ3v) is 1.67. The van der Waals surface area contributed by atoms with Crippen molar-refractivity contribution in [3.63, 3.8) is 0 Å². The van der Waals surface area contributed by atoms with Gasteiger partial charge in [0.25, 0.3) is 0 Å². The van der Waals surface area contributed by atoms with E-state index in [4.69, 9.17) is 10.9 Å². The van der Waals surface area contributed by atoms with Gasteiger partial charge in [-0.25, -0.2) is 0 Å². The summed E-state index contributed by atoms with van der Waals surface area (Å²) >= 11 is 0. The van der Waals surface area contributed by atoms with Crippen molar-refractivity contribution in [2.24, 2.45) is 5.73 Å². The van der Waals surface area contributed by atoms with E-state index >= 15 is 0 Å². The van der Waals surface area contributed by atoms with E-state index in [-0.39, 0.29) is 11.3 Å². The summed E-state index contributed by atoms with van der Waals surface area (Å²) in [5.74, 6) is -1.00. The molecule has 0 spiro atoms. The van der Waals surface area contributed by atoms with Gasteiger partial charge in [-0.15, -0.1) is 0 Å². The Morgan fingerprint density at radius 3 is 2.33 bits per heavy atom. The number of rotatable bonds is 2. The van der Waals surface area contributed by atoms with Crippen LogP contribution >= 0.6 is 0 Å². The largest absolute Gasteiger partial charge is 0.416 e. The molecule has 1 amide bonds. The van der Waals surface area contributed by atoms with Crippen molar-refractivity contribution < 1.29 is 23.2 Å². The number of hydrogen-bond donors (Lipinski definition) is 3. The minimum atomic E-state index is -4.60. The second-order valence-electron chi connectivity index (χ2n) is 2.77. The van der Waals surface area contributed by atoms with Gasteiger partial charge in [0.05, 0.1) is 11.3 Å². The molecule has 1 aromatic carbocycles. The Hall–Kier alpha value is -1.76. The van der Waals surface area contributed by atoms with Gasteiger partial charge in [0, 0.05) is 5.56 Å². The number of carbonyl (C=O) groups is 1. The number of alkyl halides is 3. The van der Waals surface area contributed by atoms with E-state index in [1.807, 2.05) is 0 Å². The normalized spacial score (nSPS) is 11.2. The maximum Gasteiger partial charge on any atom is 0.416 e. The molecule has 0 atom stereocenters. The summed E-state index contributed by atoms with van der Waals surface area (Å²) in [5.41, 5.74) is 4.72. The van der Waals surface area contributed by atoms with Crippen LogP contribution in [0.15, 0.2) is 18.2 Å². The Bertz CT molecular complexity index is 390. The molecule has 1 rings (SSSR count). The first-order valence-corrected chi connectivity index (χ1v) is 3.77. The van der Waals surface area contributed by atoms with Gasteiger partial charge < -0.3 is 5.73 Å². The first-order chi connectivity index (χ1) is 6.84. The van der Waals surface area contributed by atoms with E-state index in [2.05, 4.69) is 0 Å². The van der Waals surface area contributed by atoms with Crippen LogP contribution in [0.5, 0.6) is 0 Å². The van der Waals surface area contributed by atoms with Crippen LogP contribution in [-0.2, 0) is 6.18 Å². The topological polar surface area (TPSA) is 75.4 Å². The predicted molar refractivity (Wildman–Crippen MR) is 45.4 cm³/mol. The van der Waals surface area contributed by atoms with Crippen molar-refractivity contribution >= 4 is 11.6 Å². The van der Waals surface area contributed by atoms with Crippen molar-refractivity contribution in [3.8, 4) is 0 Å². The lowest BCUT2D eigenvalue weighted by molar-refractivity contribution is -0.137. The first kappa shape index (κ1) is 11.3. The van der Waals surface area contributed by atoms with Crippen molar-refractivity contribution in [2.45, 2.75) is 6.18 Å². The van der Waals surface area contributed by atoms with Gasteiger partial charge >= 0.3 is 6.18 Å². The zero-order valence-electron chi connectivity index (χ0n) is 7.30. The number of halogens is 3. The fourth-order valence-electron chi connectivity index (χ4n) is 0.998. The van der Waals surface area contributed by atoms with Crippen LogP contribution in [0.1, 0.15) is 15.9 Å². The number of benzene rings is 1. The van der Waals surface area contributed by atoms with Crippen LogP contribution in [0.2, 0.25) is 0 Å². The number of anilines is 1. The van der Waals surface area contributed by atoms with E-state index < -0.39 is 17.6 Å². The molecule has 0 bridgehead atoms. The second-order valence-corrected chi connectivity index (χ2v) is 2.77. The summed E-state index contributed by atoms with van der Waals surface area (Å²) in [5, 5.41) is 8.46. The van der Waals surface area contributed by atoms with Crippen molar-refractivity contribution in [1.29, 1.82) is 0 Å². The highest BCUT2D eigenvalue weighted by Crippen LogP contribution is 2.31. The van der Waals surface area contributed by atoms with Crippen molar-refractivity contribution in [3.05, 3.63) is 29.3 Å². The van der Waals surface area contributed by atoms with Gasteiger partial charge in [-0.2, -0.15) is 13.2 Å². The summed E-state index contributed by atoms with van der Waals surface area (Å²) in [7, 11) is 0. The average molecular weight is 220 g/mol. The third-order valence-electron chi connectivity index (χ3n) is 1.67. The summed E-state index contributed by atoms with van der Waals surface area (Å²) in [6.45, 7) is 0. The lowest BCUT2D eigenvalue weighted by Gasteiger charge is -2.09. The first-order valence-electron chi connectivity index (χ1n) is 3.77. The fourth-order valence-corrected chi connectivity index (χ4v) is 0.998. The predicted octanol–water partition coefficient (Wildman–Crippen LogP) is 1.61. The number of amides is 1. The van der Waals surface area contributed by atoms with Gasteiger partial charge in [-0.3, -0.25) is 15.5 Å². The Morgan fingerprint density at radius 2 is 1.93 bits per heavy atom. The Labute approximate surface area is 82.5 Å². The summed E-state index contributed by atoms with van der Waals surface area (Å²) < 4.78 is 36.9. The highest BCUT2D eigenvalue weighted by molar-refractivity contribution is 5.94. The number of nitrogens with one attached hydrogen (secondary N) is 1. The van der Waals surface area contributed by atoms with Gasteiger partial charge in [-0.05, 0) is 18.2 Å². The van der Waals surface area contributed by atoms with E-state index in [1.54, 1.807) is 0 Å². The monoisotopic (exact) mass is 220 g/mol. The standard InChI is InChI=1S/C8H7F3N2O2/c9-8(10,11)5-1-4(7(12)14)2-6(3-5)13-15/h1-3,13,15H,(H2,12,14). The summed E-state index contributed by atoms with van der Waals surface area (Å²) in [6.07, 6.45) is -4.60. The van der Waals surface area contributed by atoms with Crippen molar-refractivity contribution in [1.82, 2.24) is 0 Å². The van der Waals surface area contributed by atoms with E-state index in [0.717, 1.165) is 6.07 Å². The molecule has 0 radical (unpaired) electrons. The van der Waals surface area contributed by atoms with Crippen LogP contribution in [-0.4, -0.2) is 11.1 Å². The second kappa shape index (κ2) is 3.77. The Morgan fingerprint density at radius 1 is 1.33 bits per heavy atom. The molecule has 0 saturated carbocycles. The summed E-state index contributed by atoms with van der Waals surface area (Å²) in [4.78, 5) is 10.7. The van der Waals surface area contributed by atoms with E-state index in [1.165, 1.54) is 5.48 Å². The molecule has 0 saturated heterocycles. The molecular formula is C8H7F3N2O2. The number of primary amides is 1. The summed E-state index contributed by atoms with van der Waals surface area (Å²) in [6, 6.07) is 2.28. The Kier molecular flexibility index (Phi) is 2.85. The maximum atomic E-state index is 12.3. The Balaban J connectivity index is 3.30. The van der Waals surface area contributed by atoms with Crippen LogP contribution in [0.25, 0.3) is 0 Å². The highest BCUT2D eigenvalue weighted by atomic mass is 19.4. The molecule has 0 aliphatic heterocycles. The maximum absolute atomic E-state index is 12.3. The van der Waals surface area contributed by atoms with Crippen LogP contribution in [0, 0.1) is 0 Å². The van der Waals surface area contributed by atoms with Gasteiger partial charge in [0.2, 0.25) is 5.91 Å². The third kappa shape index (κ3) is 2.59. The fraction of sp³-hybridized carbons (Fsp3) is 0.125. The average Bonchev–Trinajstić information content (AvgIpc) is 2.15. The molecular weight excluding hydrogens is 213 g/mol. The molecule has 82 valence electrons. The minimum absolute atomic E-state index is 0.251. The quantitative estimate of drug-likeness (QED) is 0.662. The van der Waals surface area contributed by atoms with Gasteiger partial charge in [-0.1, -0.05) is 0 Å². The molecule has 0 aliphatic carbocycles. The molecule has 4 N–H and O–H groups in total. The highest BCUT2D eigenvalue weighted by Gasteiger charge is 2.31. The SMILES string of the molecule is NC(=O)c1cc(NO)cc(C(F)(F)F)c1. The molecule has 0 unspecified atom stereocenters. The molecule has 0 heterocycles. The van der Waals surface area contributed by atoms with E-state index in [0.29, 0.717) is 12.1 Å². The van der Waals surface area contributed by atoms with E-state index in [9.17, 15) is 18.0 Å². The lowest BCUT2D eigenvalue weighted by atomic mass is 10.1. The lowest BCUT2D eigenvalue weighted by Crippen LogP contribution is -2.14. The molecule has 7 heteroatoms. The number of nitrogens with two attached hydrogens (primary N) is 1. The molecule has 4 nitrogen and oxygen atoms in total. The van der Waals surface area contributed by atoms with Crippen LogP contribution < -0.4 is 11.2 Å². The number of carbonyl (C=O) groups excluding carboxylic acids is 1. The molecule has 0 aromatic heterocycles. The molecule has 0 aliphatic rings. The molecule has 15 heavy (non-hydrogen) atoms. The molecule has 0 fully saturated rings. The zero-order valence-corrected chi connectivity index (χ0v) is 7.30. The minimum Gasteiger partial charge on any atom is -0.366 e. The van der Waals surface area contributed by atoms with Crippen LogP contribution in [0.4, 0.5) is 18.9 Å². The van der Waals surface area contributed by atoms with Gasteiger partial charge in [0.1, 0.15) is 0 Å². The van der Waals surface area contributed by atoms with Gasteiger partial charge in [0.15, 0.2) is 0 Å². The van der Waals surface area contributed by atoms with Crippen LogP contribution in [0.3, 0.4) is 0 Å². The number of hydrogen-bond acceptors (Lipinski definition) is 3. The van der Waals surface area contributed by atoms with Crippen molar-refractivity contribution in [2.75, 3.05) is 5.48 Å².